The summed E-state index contributed by atoms with van der Waals surface area (Å²) in [5.41, 5.74) is 6.04. The summed E-state index contributed by atoms with van der Waals surface area (Å²) in [7, 11) is 0. The van der Waals surface area contributed by atoms with Gasteiger partial charge >= 0.3 is 5.97 Å². The second-order valence-electron chi connectivity index (χ2n) is 9.50. The standard InChI is InChI=1S/C23H42N4O5/c1-7-14(5)18(24)20(28)26-19(15(6)8-2)21(29)25-16(12-13(3)4)22(30)27-11-9-10-17(27)23(31)32/h13-19H,7-12,24H2,1-6H3,(H,25,29)(H,26,28)(H,31,32). The molecule has 6 unspecified atom stereocenters. The molecular weight excluding hydrogens is 412 g/mol. The van der Waals surface area contributed by atoms with Gasteiger partial charge < -0.3 is 26.4 Å². The highest BCUT2D eigenvalue weighted by Crippen LogP contribution is 2.21. The van der Waals surface area contributed by atoms with Gasteiger partial charge in [-0.05, 0) is 37.0 Å². The predicted octanol–water partition coefficient (Wildman–Crippen LogP) is 1.50. The number of nitrogens with zero attached hydrogens (tertiary/aromatic N) is 1. The van der Waals surface area contributed by atoms with Crippen molar-refractivity contribution in [1.82, 2.24) is 15.5 Å². The highest BCUT2D eigenvalue weighted by molar-refractivity contribution is 5.94. The minimum absolute atomic E-state index is 0.0333. The summed E-state index contributed by atoms with van der Waals surface area (Å²) in [5.74, 6) is -2.36. The van der Waals surface area contributed by atoms with Crippen LogP contribution >= 0.6 is 0 Å². The zero-order valence-electron chi connectivity index (χ0n) is 20.4. The maximum atomic E-state index is 13.2. The van der Waals surface area contributed by atoms with E-state index in [0.29, 0.717) is 32.2 Å². The van der Waals surface area contributed by atoms with Gasteiger partial charge in [0.25, 0.3) is 0 Å². The summed E-state index contributed by atoms with van der Waals surface area (Å²) < 4.78 is 0. The summed E-state index contributed by atoms with van der Waals surface area (Å²) in [5, 5.41) is 15.0. The van der Waals surface area contributed by atoms with Crippen molar-refractivity contribution in [3.63, 3.8) is 0 Å². The fourth-order valence-electron chi connectivity index (χ4n) is 3.91. The maximum absolute atomic E-state index is 13.2. The molecule has 9 nitrogen and oxygen atoms in total. The first-order chi connectivity index (χ1) is 14.9. The minimum atomic E-state index is -1.03. The quantitative estimate of drug-likeness (QED) is 0.352. The Morgan fingerprint density at radius 2 is 1.59 bits per heavy atom. The molecule has 0 aromatic carbocycles. The number of nitrogens with two attached hydrogens (primary N) is 1. The molecule has 0 saturated carbocycles. The number of hydrogen-bond acceptors (Lipinski definition) is 5. The number of carboxylic acid groups (broad SMARTS) is 1. The van der Waals surface area contributed by atoms with E-state index >= 15 is 0 Å². The fourth-order valence-corrected chi connectivity index (χ4v) is 3.91. The Morgan fingerprint density at radius 3 is 2.09 bits per heavy atom. The normalized spacial score (nSPS) is 20.9. The van der Waals surface area contributed by atoms with Gasteiger partial charge in [-0.1, -0.05) is 54.4 Å². The Hall–Kier alpha value is -2.16. The Morgan fingerprint density at radius 1 is 1.00 bits per heavy atom. The van der Waals surface area contributed by atoms with Crippen LogP contribution in [-0.4, -0.2) is 64.4 Å². The van der Waals surface area contributed by atoms with E-state index in [0.717, 1.165) is 6.42 Å². The number of carboxylic acids is 1. The summed E-state index contributed by atoms with van der Waals surface area (Å²) in [4.78, 5) is 51.9. The first kappa shape index (κ1) is 27.9. The lowest BCUT2D eigenvalue weighted by Gasteiger charge is -2.31. The molecule has 1 aliphatic heterocycles. The van der Waals surface area contributed by atoms with Crippen LogP contribution in [0.25, 0.3) is 0 Å². The van der Waals surface area contributed by atoms with Crippen molar-refractivity contribution >= 4 is 23.7 Å². The van der Waals surface area contributed by atoms with Crippen molar-refractivity contribution in [3.8, 4) is 0 Å². The molecule has 9 heteroatoms. The summed E-state index contributed by atoms with van der Waals surface area (Å²) in [6, 6.07) is -3.28. The molecule has 0 aromatic rings. The van der Waals surface area contributed by atoms with Crippen molar-refractivity contribution in [2.75, 3.05) is 6.54 Å². The number of aliphatic carboxylic acids is 1. The van der Waals surface area contributed by atoms with Crippen LogP contribution in [0.1, 0.15) is 73.6 Å². The van der Waals surface area contributed by atoms with Crippen molar-refractivity contribution in [3.05, 3.63) is 0 Å². The van der Waals surface area contributed by atoms with Crippen molar-refractivity contribution in [1.29, 1.82) is 0 Å². The third kappa shape index (κ3) is 7.46. The van der Waals surface area contributed by atoms with Crippen LogP contribution in [-0.2, 0) is 19.2 Å². The van der Waals surface area contributed by atoms with E-state index in [1.54, 1.807) is 0 Å². The van der Waals surface area contributed by atoms with Gasteiger partial charge in [-0.3, -0.25) is 14.4 Å². The predicted molar refractivity (Wildman–Crippen MR) is 123 cm³/mol. The molecule has 1 aliphatic rings. The van der Waals surface area contributed by atoms with Gasteiger partial charge in [0.05, 0.1) is 6.04 Å². The van der Waals surface area contributed by atoms with E-state index in [4.69, 9.17) is 5.73 Å². The average molecular weight is 455 g/mol. The second kappa shape index (κ2) is 12.8. The third-order valence-electron chi connectivity index (χ3n) is 6.50. The van der Waals surface area contributed by atoms with Crippen molar-refractivity contribution in [2.45, 2.75) is 97.8 Å². The maximum Gasteiger partial charge on any atom is 0.326 e. The van der Waals surface area contributed by atoms with Gasteiger partial charge in [0.2, 0.25) is 17.7 Å². The lowest BCUT2D eigenvalue weighted by Crippen LogP contribution is -2.59. The number of hydrogen-bond donors (Lipinski definition) is 4. The molecule has 6 atom stereocenters. The highest BCUT2D eigenvalue weighted by atomic mass is 16.4. The molecule has 3 amide bonds. The van der Waals surface area contributed by atoms with Gasteiger partial charge in [0, 0.05) is 6.54 Å². The molecule has 184 valence electrons. The van der Waals surface area contributed by atoms with Crippen LogP contribution < -0.4 is 16.4 Å². The monoisotopic (exact) mass is 454 g/mol. The summed E-state index contributed by atoms with van der Waals surface area (Å²) in [6.45, 7) is 11.8. The molecular formula is C23H42N4O5. The Bertz CT molecular complexity index is 669. The first-order valence-corrected chi connectivity index (χ1v) is 11.8. The van der Waals surface area contributed by atoms with Crippen LogP contribution in [0.4, 0.5) is 0 Å². The minimum Gasteiger partial charge on any atom is -0.480 e. The summed E-state index contributed by atoms with van der Waals surface area (Å²) in [6.07, 6.45) is 2.78. The number of likely N-dealkylation sites (tertiary alicyclic amines) is 1. The van der Waals surface area contributed by atoms with E-state index in [2.05, 4.69) is 10.6 Å². The topological polar surface area (TPSA) is 142 Å². The molecule has 1 rings (SSSR count). The molecule has 0 spiro atoms. The van der Waals surface area contributed by atoms with E-state index in [1.165, 1.54) is 4.90 Å². The van der Waals surface area contributed by atoms with Gasteiger partial charge in [0.1, 0.15) is 18.1 Å². The van der Waals surface area contributed by atoms with Crippen molar-refractivity contribution < 1.29 is 24.3 Å². The SMILES string of the molecule is CCC(C)C(N)C(=O)NC(C(=O)NC(CC(C)C)C(=O)N1CCCC1C(=O)O)C(C)CC. The zero-order valence-corrected chi connectivity index (χ0v) is 20.4. The van der Waals surface area contributed by atoms with E-state index in [9.17, 15) is 24.3 Å². The van der Waals surface area contributed by atoms with Gasteiger partial charge in [-0.25, -0.2) is 4.79 Å². The molecule has 5 N–H and O–H groups in total. The van der Waals surface area contributed by atoms with E-state index < -0.39 is 42.0 Å². The Kier molecular flexibility index (Phi) is 11.1. The number of amides is 3. The van der Waals surface area contributed by atoms with E-state index in [-0.39, 0.29) is 23.7 Å². The van der Waals surface area contributed by atoms with Crippen LogP contribution in [0.5, 0.6) is 0 Å². The van der Waals surface area contributed by atoms with Crippen LogP contribution in [0.2, 0.25) is 0 Å². The highest BCUT2D eigenvalue weighted by Gasteiger charge is 2.39. The molecule has 1 fully saturated rings. The molecule has 1 saturated heterocycles. The first-order valence-electron chi connectivity index (χ1n) is 11.8. The van der Waals surface area contributed by atoms with Gasteiger partial charge in [0.15, 0.2) is 0 Å². The van der Waals surface area contributed by atoms with Crippen molar-refractivity contribution in [2.24, 2.45) is 23.5 Å². The number of nitrogens with one attached hydrogen (secondary N) is 2. The van der Waals surface area contributed by atoms with E-state index in [1.807, 2.05) is 41.5 Å². The Labute approximate surface area is 191 Å². The number of carbonyl (C=O) groups is 4. The third-order valence-corrected chi connectivity index (χ3v) is 6.50. The fraction of sp³-hybridized carbons (Fsp3) is 0.826. The second-order valence-corrected chi connectivity index (χ2v) is 9.50. The average Bonchev–Trinajstić information content (AvgIpc) is 3.24. The molecule has 32 heavy (non-hydrogen) atoms. The Balaban J connectivity index is 3.04. The molecule has 0 aromatic heterocycles. The smallest absolute Gasteiger partial charge is 0.326 e. The van der Waals surface area contributed by atoms with Gasteiger partial charge in [-0.2, -0.15) is 0 Å². The number of rotatable bonds is 12. The lowest BCUT2D eigenvalue weighted by atomic mass is 9.94. The molecule has 0 radical (unpaired) electrons. The van der Waals surface area contributed by atoms with Crippen LogP contribution in [0, 0.1) is 17.8 Å². The van der Waals surface area contributed by atoms with Gasteiger partial charge in [-0.15, -0.1) is 0 Å². The number of carbonyl (C=O) groups excluding carboxylic acids is 3. The molecule has 1 heterocycles. The lowest BCUT2D eigenvalue weighted by molar-refractivity contribution is -0.149. The summed E-state index contributed by atoms with van der Waals surface area (Å²) >= 11 is 0. The zero-order chi connectivity index (χ0) is 24.6. The largest absolute Gasteiger partial charge is 0.480 e. The molecule has 0 bridgehead atoms. The van der Waals surface area contributed by atoms with Crippen LogP contribution in [0.3, 0.4) is 0 Å². The van der Waals surface area contributed by atoms with Crippen LogP contribution in [0.15, 0.2) is 0 Å². The molecule has 0 aliphatic carbocycles.